The number of methoxy groups -OCH3 is 1. The van der Waals surface area contributed by atoms with Crippen LogP contribution in [0, 0.1) is 0 Å². The van der Waals surface area contributed by atoms with Crippen LogP contribution in [0.15, 0.2) is 0 Å². The minimum atomic E-state index is -0.701. The fourth-order valence-electron chi connectivity index (χ4n) is 2.03. The SMILES string of the molecule is CCN(CC(=O)NC(=O)OC)C1CCCNC1. The average Bonchev–Trinajstić information content (AvgIpc) is 2.36. The number of carbonyl (C=O) groups is 2. The second-order valence-electron chi connectivity index (χ2n) is 4.10. The van der Waals surface area contributed by atoms with Crippen LogP contribution in [0.2, 0.25) is 0 Å². The molecule has 17 heavy (non-hydrogen) atoms. The Balaban J connectivity index is 2.39. The molecule has 1 heterocycles. The summed E-state index contributed by atoms with van der Waals surface area (Å²) >= 11 is 0. The molecular formula is C11H21N3O3. The molecule has 2 amide bonds. The summed E-state index contributed by atoms with van der Waals surface area (Å²) in [6.07, 6.45) is 1.51. The van der Waals surface area contributed by atoms with E-state index in [0.717, 1.165) is 32.5 Å². The number of hydrogen-bond donors (Lipinski definition) is 2. The summed E-state index contributed by atoms with van der Waals surface area (Å²) < 4.78 is 4.38. The van der Waals surface area contributed by atoms with Crippen LogP contribution in [0.3, 0.4) is 0 Å². The van der Waals surface area contributed by atoms with Crippen LogP contribution in [0.25, 0.3) is 0 Å². The normalized spacial score (nSPS) is 20.1. The van der Waals surface area contributed by atoms with Crippen molar-refractivity contribution < 1.29 is 14.3 Å². The van der Waals surface area contributed by atoms with E-state index in [2.05, 4.69) is 20.3 Å². The molecule has 0 aliphatic carbocycles. The van der Waals surface area contributed by atoms with Crippen LogP contribution >= 0.6 is 0 Å². The third-order valence-electron chi connectivity index (χ3n) is 2.97. The molecule has 0 aromatic carbocycles. The van der Waals surface area contributed by atoms with E-state index in [0.29, 0.717) is 6.04 Å². The molecule has 1 unspecified atom stereocenters. The third kappa shape index (κ3) is 4.70. The molecule has 98 valence electrons. The van der Waals surface area contributed by atoms with Crippen molar-refractivity contribution in [3.8, 4) is 0 Å². The smallest absolute Gasteiger partial charge is 0.413 e. The van der Waals surface area contributed by atoms with E-state index < -0.39 is 6.09 Å². The van der Waals surface area contributed by atoms with E-state index in [1.165, 1.54) is 7.11 Å². The number of rotatable bonds is 4. The van der Waals surface area contributed by atoms with Crippen molar-refractivity contribution >= 4 is 12.0 Å². The maximum atomic E-state index is 11.6. The molecule has 1 aliphatic rings. The Labute approximate surface area is 102 Å². The lowest BCUT2D eigenvalue weighted by molar-refractivity contribution is -0.122. The van der Waals surface area contributed by atoms with Gasteiger partial charge in [-0.3, -0.25) is 15.0 Å². The van der Waals surface area contributed by atoms with Gasteiger partial charge in [0.2, 0.25) is 5.91 Å². The topological polar surface area (TPSA) is 70.7 Å². The van der Waals surface area contributed by atoms with Gasteiger partial charge < -0.3 is 10.1 Å². The predicted octanol–water partition coefficient (Wildman–Crippen LogP) is -0.0571. The van der Waals surface area contributed by atoms with E-state index >= 15 is 0 Å². The molecule has 1 aliphatic heterocycles. The van der Waals surface area contributed by atoms with Gasteiger partial charge in [-0.1, -0.05) is 6.92 Å². The van der Waals surface area contributed by atoms with Gasteiger partial charge in [-0.25, -0.2) is 4.79 Å². The number of nitrogens with zero attached hydrogens (tertiary/aromatic N) is 1. The molecule has 1 rings (SSSR count). The predicted molar refractivity (Wildman–Crippen MR) is 63.7 cm³/mol. The number of alkyl carbamates (subject to hydrolysis) is 1. The van der Waals surface area contributed by atoms with E-state index in [4.69, 9.17) is 0 Å². The number of ether oxygens (including phenoxy) is 1. The van der Waals surface area contributed by atoms with Gasteiger partial charge in [-0.2, -0.15) is 0 Å². The number of hydrogen-bond acceptors (Lipinski definition) is 5. The summed E-state index contributed by atoms with van der Waals surface area (Å²) in [5.41, 5.74) is 0. The van der Waals surface area contributed by atoms with E-state index in [-0.39, 0.29) is 12.5 Å². The van der Waals surface area contributed by atoms with Crippen molar-refractivity contribution in [3.63, 3.8) is 0 Å². The Morgan fingerprint density at radius 3 is 2.82 bits per heavy atom. The summed E-state index contributed by atoms with van der Waals surface area (Å²) in [5.74, 6) is -0.315. The monoisotopic (exact) mass is 243 g/mol. The molecule has 0 spiro atoms. The molecule has 2 N–H and O–H groups in total. The Kier molecular flexibility index (Phi) is 5.93. The fraction of sp³-hybridized carbons (Fsp3) is 0.818. The zero-order chi connectivity index (χ0) is 12.7. The molecule has 6 heteroatoms. The average molecular weight is 243 g/mol. The molecule has 0 aromatic heterocycles. The Morgan fingerprint density at radius 1 is 1.53 bits per heavy atom. The molecular weight excluding hydrogens is 222 g/mol. The first kappa shape index (κ1) is 13.9. The molecule has 0 aromatic rings. The highest BCUT2D eigenvalue weighted by molar-refractivity contribution is 5.92. The van der Waals surface area contributed by atoms with Crippen molar-refractivity contribution in [1.29, 1.82) is 0 Å². The lowest BCUT2D eigenvalue weighted by Crippen LogP contribution is -2.50. The molecule has 0 saturated carbocycles. The van der Waals surface area contributed by atoms with Gasteiger partial charge in [-0.15, -0.1) is 0 Å². The number of piperidine rings is 1. The summed E-state index contributed by atoms with van der Waals surface area (Å²) in [7, 11) is 1.24. The van der Waals surface area contributed by atoms with Crippen LogP contribution in [-0.4, -0.2) is 56.2 Å². The molecule has 1 atom stereocenters. The van der Waals surface area contributed by atoms with E-state index in [1.54, 1.807) is 0 Å². The quantitative estimate of drug-likeness (QED) is 0.724. The standard InChI is InChI=1S/C11H21N3O3/c1-3-14(9-5-4-6-12-7-9)8-10(15)13-11(16)17-2/h9,12H,3-8H2,1-2H3,(H,13,15,16). The number of carbonyl (C=O) groups excluding carboxylic acids is 2. The van der Waals surface area contributed by atoms with Crippen molar-refractivity contribution in [2.75, 3.05) is 33.3 Å². The zero-order valence-corrected chi connectivity index (χ0v) is 10.5. The Hall–Kier alpha value is -1.14. The summed E-state index contributed by atoms with van der Waals surface area (Å²) in [6.45, 7) is 4.99. The van der Waals surface area contributed by atoms with Gasteiger partial charge in [-0.05, 0) is 25.9 Å². The lowest BCUT2D eigenvalue weighted by Gasteiger charge is -2.33. The first-order chi connectivity index (χ1) is 8.17. The maximum Gasteiger partial charge on any atom is 0.413 e. The van der Waals surface area contributed by atoms with Crippen molar-refractivity contribution in [2.24, 2.45) is 0 Å². The van der Waals surface area contributed by atoms with Crippen LogP contribution in [0.5, 0.6) is 0 Å². The van der Waals surface area contributed by atoms with Gasteiger partial charge >= 0.3 is 6.09 Å². The minimum absolute atomic E-state index is 0.234. The largest absolute Gasteiger partial charge is 0.453 e. The highest BCUT2D eigenvalue weighted by Gasteiger charge is 2.22. The second kappa shape index (κ2) is 7.24. The number of nitrogens with one attached hydrogen (secondary N) is 2. The van der Waals surface area contributed by atoms with Crippen LogP contribution in [-0.2, 0) is 9.53 Å². The molecule has 0 bridgehead atoms. The van der Waals surface area contributed by atoms with Gasteiger partial charge in [0, 0.05) is 12.6 Å². The first-order valence-electron chi connectivity index (χ1n) is 6.00. The van der Waals surface area contributed by atoms with E-state index in [9.17, 15) is 9.59 Å². The third-order valence-corrected chi connectivity index (χ3v) is 2.97. The van der Waals surface area contributed by atoms with Crippen LogP contribution in [0.4, 0.5) is 4.79 Å². The van der Waals surface area contributed by atoms with Gasteiger partial charge in [0.1, 0.15) is 0 Å². The van der Waals surface area contributed by atoms with Gasteiger partial charge in [0.05, 0.1) is 13.7 Å². The number of likely N-dealkylation sites (N-methyl/N-ethyl adjacent to an activating group) is 1. The molecule has 0 radical (unpaired) electrons. The Bertz CT molecular complexity index is 265. The van der Waals surface area contributed by atoms with Crippen molar-refractivity contribution in [1.82, 2.24) is 15.5 Å². The Morgan fingerprint density at radius 2 is 2.29 bits per heavy atom. The zero-order valence-electron chi connectivity index (χ0n) is 10.5. The van der Waals surface area contributed by atoms with Crippen molar-refractivity contribution in [3.05, 3.63) is 0 Å². The molecule has 6 nitrogen and oxygen atoms in total. The lowest BCUT2D eigenvalue weighted by atomic mass is 10.1. The molecule has 1 saturated heterocycles. The van der Waals surface area contributed by atoms with Crippen LogP contribution in [0.1, 0.15) is 19.8 Å². The van der Waals surface area contributed by atoms with Crippen molar-refractivity contribution in [2.45, 2.75) is 25.8 Å². The maximum absolute atomic E-state index is 11.6. The summed E-state index contributed by atoms with van der Waals surface area (Å²) in [4.78, 5) is 24.5. The highest BCUT2D eigenvalue weighted by atomic mass is 16.5. The summed E-state index contributed by atoms with van der Waals surface area (Å²) in [6, 6.07) is 0.372. The van der Waals surface area contributed by atoms with Gasteiger partial charge in [0.25, 0.3) is 0 Å². The number of imide groups is 1. The first-order valence-corrected chi connectivity index (χ1v) is 6.00. The minimum Gasteiger partial charge on any atom is -0.453 e. The van der Waals surface area contributed by atoms with Crippen LogP contribution < -0.4 is 10.6 Å². The van der Waals surface area contributed by atoms with Gasteiger partial charge in [0.15, 0.2) is 0 Å². The summed E-state index contributed by atoms with van der Waals surface area (Å²) in [5, 5.41) is 5.48. The highest BCUT2D eigenvalue weighted by Crippen LogP contribution is 2.09. The molecule has 1 fully saturated rings. The number of amides is 2. The fourth-order valence-corrected chi connectivity index (χ4v) is 2.03. The second-order valence-corrected chi connectivity index (χ2v) is 4.10. The van der Waals surface area contributed by atoms with E-state index in [1.807, 2.05) is 6.92 Å².